The van der Waals surface area contributed by atoms with Crippen molar-refractivity contribution in [2.45, 2.75) is 32.1 Å². The maximum absolute atomic E-state index is 5.70. The average molecular weight is 219 g/mol. The SMILES string of the molecule is COc1ccc2c(c1)C(CCN)CC(C)C2. The van der Waals surface area contributed by atoms with Gasteiger partial charge in [0.05, 0.1) is 7.11 Å². The molecule has 2 atom stereocenters. The summed E-state index contributed by atoms with van der Waals surface area (Å²) < 4.78 is 5.30. The molecule has 0 amide bonds. The second-order valence-corrected chi connectivity index (χ2v) is 4.88. The predicted molar refractivity (Wildman–Crippen MR) is 66.9 cm³/mol. The third-order valence-corrected chi connectivity index (χ3v) is 3.56. The normalized spacial score (nSPS) is 23.9. The molecule has 1 aliphatic rings. The number of methoxy groups -OCH3 is 1. The predicted octanol–water partition coefficient (Wildman–Crippen LogP) is 2.71. The van der Waals surface area contributed by atoms with Crippen molar-refractivity contribution in [3.8, 4) is 5.75 Å². The molecule has 2 unspecified atom stereocenters. The maximum Gasteiger partial charge on any atom is 0.119 e. The van der Waals surface area contributed by atoms with Gasteiger partial charge in [-0.2, -0.15) is 0 Å². The van der Waals surface area contributed by atoms with E-state index < -0.39 is 0 Å². The zero-order chi connectivity index (χ0) is 11.5. The van der Waals surface area contributed by atoms with E-state index in [1.54, 1.807) is 7.11 Å². The topological polar surface area (TPSA) is 35.2 Å². The monoisotopic (exact) mass is 219 g/mol. The zero-order valence-corrected chi connectivity index (χ0v) is 10.2. The number of rotatable bonds is 3. The molecule has 0 fully saturated rings. The Morgan fingerprint density at radius 2 is 2.25 bits per heavy atom. The van der Waals surface area contributed by atoms with Gasteiger partial charge in [0.1, 0.15) is 5.75 Å². The summed E-state index contributed by atoms with van der Waals surface area (Å²) in [5.74, 6) is 2.37. The molecule has 1 aliphatic carbocycles. The minimum Gasteiger partial charge on any atom is -0.497 e. The van der Waals surface area contributed by atoms with Crippen LogP contribution in [0.1, 0.15) is 36.8 Å². The molecule has 2 heteroatoms. The van der Waals surface area contributed by atoms with E-state index in [0.29, 0.717) is 5.92 Å². The van der Waals surface area contributed by atoms with Crippen molar-refractivity contribution >= 4 is 0 Å². The summed E-state index contributed by atoms with van der Waals surface area (Å²) in [4.78, 5) is 0. The number of fused-ring (bicyclic) bond motifs is 1. The lowest BCUT2D eigenvalue weighted by Crippen LogP contribution is -2.19. The summed E-state index contributed by atoms with van der Waals surface area (Å²) in [6.45, 7) is 3.10. The van der Waals surface area contributed by atoms with Crippen molar-refractivity contribution in [3.05, 3.63) is 29.3 Å². The van der Waals surface area contributed by atoms with E-state index >= 15 is 0 Å². The van der Waals surface area contributed by atoms with E-state index in [9.17, 15) is 0 Å². The van der Waals surface area contributed by atoms with Crippen LogP contribution < -0.4 is 10.5 Å². The fourth-order valence-electron chi connectivity index (χ4n) is 2.81. The molecule has 0 saturated carbocycles. The number of nitrogens with two attached hydrogens (primary N) is 1. The first-order valence-electron chi connectivity index (χ1n) is 6.11. The van der Waals surface area contributed by atoms with Gasteiger partial charge in [0, 0.05) is 0 Å². The van der Waals surface area contributed by atoms with Crippen LogP contribution in [0.5, 0.6) is 5.75 Å². The van der Waals surface area contributed by atoms with Gasteiger partial charge in [0.2, 0.25) is 0 Å². The number of hydrogen-bond donors (Lipinski definition) is 1. The Balaban J connectivity index is 2.33. The van der Waals surface area contributed by atoms with E-state index in [-0.39, 0.29) is 0 Å². The lowest BCUT2D eigenvalue weighted by atomic mass is 9.76. The van der Waals surface area contributed by atoms with Gasteiger partial charge in [0.15, 0.2) is 0 Å². The molecule has 0 aromatic heterocycles. The average Bonchev–Trinajstić information content (AvgIpc) is 2.29. The summed E-state index contributed by atoms with van der Waals surface area (Å²) >= 11 is 0. The van der Waals surface area contributed by atoms with E-state index in [0.717, 1.165) is 24.6 Å². The Morgan fingerprint density at radius 3 is 2.94 bits per heavy atom. The highest BCUT2D eigenvalue weighted by Gasteiger charge is 2.24. The van der Waals surface area contributed by atoms with E-state index in [1.807, 2.05) is 0 Å². The van der Waals surface area contributed by atoms with Crippen molar-refractivity contribution in [2.75, 3.05) is 13.7 Å². The van der Waals surface area contributed by atoms with Gasteiger partial charge >= 0.3 is 0 Å². The van der Waals surface area contributed by atoms with E-state index in [2.05, 4.69) is 25.1 Å². The highest BCUT2D eigenvalue weighted by molar-refractivity contribution is 5.39. The summed E-state index contributed by atoms with van der Waals surface area (Å²) in [5.41, 5.74) is 8.65. The van der Waals surface area contributed by atoms with Crippen LogP contribution in [0.25, 0.3) is 0 Å². The molecule has 88 valence electrons. The molecule has 1 aromatic rings. The van der Waals surface area contributed by atoms with Gasteiger partial charge in [-0.3, -0.25) is 0 Å². The lowest BCUT2D eigenvalue weighted by molar-refractivity contribution is 0.400. The fraction of sp³-hybridized carbons (Fsp3) is 0.571. The largest absolute Gasteiger partial charge is 0.497 e. The number of hydrogen-bond acceptors (Lipinski definition) is 2. The molecule has 2 nitrogen and oxygen atoms in total. The fourth-order valence-corrected chi connectivity index (χ4v) is 2.81. The van der Waals surface area contributed by atoms with Crippen molar-refractivity contribution < 1.29 is 4.74 Å². The molecule has 0 spiro atoms. The molecule has 1 aromatic carbocycles. The Bertz CT molecular complexity index is 362. The molecular formula is C14H21NO. The summed E-state index contributed by atoms with van der Waals surface area (Å²) in [7, 11) is 1.73. The van der Waals surface area contributed by atoms with Gasteiger partial charge in [-0.15, -0.1) is 0 Å². The Labute approximate surface area is 97.8 Å². The molecule has 0 heterocycles. The van der Waals surface area contributed by atoms with Crippen LogP contribution in [0.4, 0.5) is 0 Å². The molecular weight excluding hydrogens is 198 g/mol. The standard InChI is InChI=1S/C14H21NO/c1-10-7-11-3-4-13(16-2)9-14(11)12(8-10)5-6-15/h3-4,9-10,12H,5-8,15H2,1-2H3. The van der Waals surface area contributed by atoms with Crippen molar-refractivity contribution in [1.82, 2.24) is 0 Å². The summed E-state index contributed by atoms with van der Waals surface area (Å²) in [6.07, 6.45) is 3.54. The van der Waals surface area contributed by atoms with Gasteiger partial charge < -0.3 is 10.5 Å². The molecule has 0 radical (unpaired) electrons. The van der Waals surface area contributed by atoms with Crippen LogP contribution in [0, 0.1) is 5.92 Å². The number of ether oxygens (including phenoxy) is 1. The second-order valence-electron chi connectivity index (χ2n) is 4.88. The molecule has 2 rings (SSSR count). The minimum absolute atomic E-state index is 0.624. The van der Waals surface area contributed by atoms with E-state index in [1.165, 1.54) is 24.0 Å². The second kappa shape index (κ2) is 4.88. The summed E-state index contributed by atoms with van der Waals surface area (Å²) in [6, 6.07) is 6.48. The van der Waals surface area contributed by atoms with Crippen LogP contribution in [0.2, 0.25) is 0 Å². The van der Waals surface area contributed by atoms with Crippen LogP contribution >= 0.6 is 0 Å². The Kier molecular flexibility index (Phi) is 3.49. The van der Waals surface area contributed by atoms with E-state index in [4.69, 9.17) is 10.5 Å². The van der Waals surface area contributed by atoms with Crippen LogP contribution in [-0.2, 0) is 6.42 Å². The first-order chi connectivity index (χ1) is 7.74. The first kappa shape index (κ1) is 11.5. The van der Waals surface area contributed by atoms with Gasteiger partial charge in [-0.1, -0.05) is 13.0 Å². The molecule has 2 N–H and O–H groups in total. The maximum atomic E-state index is 5.70. The van der Waals surface area contributed by atoms with Crippen molar-refractivity contribution in [3.63, 3.8) is 0 Å². The van der Waals surface area contributed by atoms with Crippen molar-refractivity contribution in [2.24, 2.45) is 11.7 Å². The minimum atomic E-state index is 0.624. The quantitative estimate of drug-likeness (QED) is 0.848. The van der Waals surface area contributed by atoms with Crippen LogP contribution in [0.3, 0.4) is 0 Å². The highest BCUT2D eigenvalue weighted by Crippen LogP contribution is 2.38. The van der Waals surface area contributed by atoms with Crippen molar-refractivity contribution in [1.29, 1.82) is 0 Å². The lowest BCUT2D eigenvalue weighted by Gasteiger charge is -2.30. The highest BCUT2D eigenvalue weighted by atomic mass is 16.5. The third-order valence-electron chi connectivity index (χ3n) is 3.56. The molecule has 16 heavy (non-hydrogen) atoms. The third kappa shape index (κ3) is 2.22. The van der Waals surface area contributed by atoms with Gasteiger partial charge in [-0.05, 0) is 60.9 Å². The smallest absolute Gasteiger partial charge is 0.119 e. The zero-order valence-electron chi connectivity index (χ0n) is 10.2. The van der Waals surface area contributed by atoms with Crippen LogP contribution in [0.15, 0.2) is 18.2 Å². The Morgan fingerprint density at radius 1 is 1.44 bits per heavy atom. The van der Waals surface area contributed by atoms with Gasteiger partial charge in [-0.25, -0.2) is 0 Å². The molecule has 0 aliphatic heterocycles. The molecule has 0 bridgehead atoms. The van der Waals surface area contributed by atoms with Crippen LogP contribution in [-0.4, -0.2) is 13.7 Å². The summed E-state index contributed by atoms with van der Waals surface area (Å²) in [5, 5.41) is 0. The number of benzene rings is 1. The first-order valence-corrected chi connectivity index (χ1v) is 6.11. The Hall–Kier alpha value is -1.02. The molecule has 0 saturated heterocycles. The van der Waals surface area contributed by atoms with Gasteiger partial charge in [0.25, 0.3) is 0 Å².